The summed E-state index contributed by atoms with van der Waals surface area (Å²) in [7, 11) is -8.75. The van der Waals surface area contributed by atoms with E-state index in [0.717, 1.165) is 60.1 Å². The fourth-order valence-electron chi connectivity index (χ4n) is 3.93. The maximum Gasteiger partial charge on any atom is 2.00 e. The first-order valence-electron chi connectivity index (χ1n) is 12.0. The second-order valence-corrected chi connectivity index (χ2v) is 11.6. The Kier molecular flexibility index (Phi) is 12.0. The van der Waals surface area contributed by atoms with Gasteiger partial charge in [-0.15, -0.1) is 0 Å². The summed E-state index contributed by atoms with van der Waals surface area (Å²) in [6, 6.07) is 20.9. The van der Waals surface area contributed by atoms with E-state index in [1.54, 1.807) is 12.1 Å². The molecule has 0 aliphatic heterocycles. The summed E-state index contributed by atoms with van der Waals surface area (Å²) in [5.41, 5.74) is 2.34. The zero-order valence-electron chi connectivity index (χ0n) is 21.1. The van der Waals surface area contributed by atoms with Crippen LogP contribution in [0.1, 0.15) is 50.7 Å². The van der Waals surface area contributed by atoms with Crippen molar-refractivity contribution in [2.45, 2.75) is 62.2 Å². The Bertz CT molecular complexity index is 1450. The van der Waals surface area contributed by atoms with Gasteiger partial charge >= 0.3 is 37.7 Å². The summed E-state index contributed by atoms with van der Waals surface area (Å²) in [4.78, 5) is -0.328. The zero-order chi connectivity index (χ0) is 26.3. The molecule has 4 aromatic carbocycles. The van der Waals surface area contributed by atoms with E-state index in [1.165, 1.54) is 35.4 Å². The van der Waals surface area contributed by atoms with Gasteiger partial charge in [-0.05, 0) is 82.6 Å². The Labute approximate surface area is 249 Å². The maximum atomic E-state index is 11.0. The number of unbranched alkanes of at least 4 members (excludes halogenated alkanes) is 2. The second kappa shape index (κ2) is 14.0. The molecule has 0 heterocycles. The van der Waals surface area contributed by atoms with Crippen LogP contribution < -0.4 is 0 Å². The van der Waals surface area contributed by atoms with Gasteiger partial charge in [0.2, 0.25) is 0 Å². The molecule has 4 aromatic rings. The molecule has 0 saturated heterocycles. The molecule has 0 amide bonds. The molecule has 0 saturated carbocycles. The molecule has 192 valence electrons. The number of benzene rings is 4. The molecule has 0 N–H and O–H groups in total. The van der Waals surface area contributed by atoms with Gasteiger partial charge in [0.1, 0.15) is 20.2 Å². The van der Waals surface area contributed by atoms with Crippen LogP contribution in [-0.4, -0.2) is 63.7 Å². The molecule has 0 aromatic heterocycles. The number of hydrogen-bond donors (Lipinski definition) is 0. The Morgan fingerprint density at radius 1 is 0.541 bits per heavy atom. The molecule has 0 spiro atoms. The van der Waals surface area contributed by atoms with Crippen molar-refractivity contribution in [3.63, 3.8) is 0 Å². The van der Waals surface area contributed by atoms with Crippen LogP contribution in [0.15, 0.2) is 82.6 Å². The predicted octanol–water partition coefficient (Wildman–Crippen LogP) is 5.79. The minimum Gasteiger partial charge on any atom is -0.744 e. The van der Waals surface area contributed by atoms with Crippen molar-refractivity contribution in [2.75, 3.05) is 0 Å². The molecule has 0 aliphatic carbocycles. The van der Waals surface area contributed by atoms with Gasteiger partial charge in [-0.2, -0.15) is 0 Å². The molecule has 0 atom stereocenters. The number of rotatable bonds is 8. The SMILES string of the molecule is CCCCc1ccc2ccc(S(=O)(=O)[O-])cc2c1.CCCCc1ccc2ccc(S(=O)(=O)[O-])cc2c1.[Ca+2]. The third-order valence-corrected chi connectivity index (χ3v) is 7.63. The van der Waals surface area contributed by atoms with Gasteiger partial charge in [-0.3, -0.25) is 0 Å². The van der Waals surface area contributed by atoms with Gasteiger partial charge in [0, 0.05) is 0 Å². The minimum atomic E-state index is -4.37. The van der Waals surface area contributed by atoms with Crippen molar-refractivity contribution >= 4 is 79.5 Å². The summed E-state index contributed by atoms with van der Waals surface area (Å²) in [5.74, 6) is 0. The largest absolute Gasteiger partial charge is 2.00 e. The van der Waals surface area contributed by atoms with Crippen molar-refractivity contribution in [1.29, 1.82) is 0 Å². The first-order chi connectivity index (χ1) is 17.0. The molecular weight excluding hydrogens is 537 g/mol. The molecule has 6 nitrogen and oxygen atoms in total. The van der Waals surface area contributed by atoms with E-state index in [1.807, 2.05) is 36.4 Å². The van der Waals surface area contributed by atoms with E-state index in [0.29, 0.717) is 0 Å². The Morgan fingerprint density at radius 3 is 1.22 bits per heavy atom. The summed E-state index contributed by atoms with van der Waals surface area (Å²) < 4.78 is 65.9. The molecule has 0 unspecified atom stereocenters. The topological polar surface area (TPSA) is 114 Å². The van der Waals surface area contributed by atoms with Gasteiger partial charge in [0.05, 0.1) is 9.79 Å². The molecule has 0 radical (unpaired) electrons. The summed E-state index contributed by atoms with van der Waals surface area (Å²) in [5, 5.41) is 3.51. The third-order valence-electron chi connectivity index (χ3n) is 5.97. The molecule has 9 heteroatoms. The number of hydrogen-bond acceptors (Lipinski definition) is 6. The first-order valence-corrected chi connectivity index (χ1v) is 14.8. The fourth-order valence-corrected chi connectivity index (χ4v) is 4.94. The van der Waals surface area contributed by atoms with E-state index >= 15 is 0 Å². The Morgan fingerprint density at radius 2 is 0.892 bits per heavy atom. The maximum absolute atomic E-state index is 11.0. The zero-order valence-corrected chi connectivity index (χ0v) is 25.0. The average molecular weight is 567 g/mol. The average Bonchev–Trinajstić information content (AvgIpc) is 2.84. The van der Waals surface area contributed by atoms with Crippen molar-refractivity contribution in [3.8, 4) is 0 Å². The van der Waals surface area contributed by atoms with Crippen molar-refractivity contribution in [1.82, 2.24) is 0 Å². The smallest absolute Gasteiger partial charge is 0.744 e. The van der Waals surface area contributed by atoms with Crippen LogP contribution in [0.5, 0.6) is 0 Å². The van der Waals surface area contributed by atoms with Crippen molar-refractivity contribution in [2.24, 2.45) is 0 Å². The molecular formula is C28H30CaO6S2. The van der Waals surface area contributed by atoms with E-state index in [-0.39, 0.29) is 47.5 Å². The summed E-state index contributed by atoms with van der Waals surface area (Å²) in [6.07, 6.45) is 6.39. The van der Waals surface area contributed by atoms with Gasteiger partial charge in [0.15, 0.2) is 0 Å². The third kappa shape index (κ3) is 9.32. The van der Waals surface area contributed by atoms with Crippen LogP contribution in [0.25, 0.3) is 21.5 Å². The second-order valence-electron chi connectivity index (χ2n) is 8.80. The van der Waals surface area contributed by atoms with E-state index < -0.39 is 20.2 Å². The van der Waals surface area contributed by atoms with Crippen LogP contribution >= 0.6 is 0 Å². The standard InChI is InChI=1S/2C14H16O3S.Ca/c2*1-2-3-4-11-5-6-12-7-8-14(18(15,16)17)10-13(12)9-11;/h2*5-10H,2-4H2,1H3,(H,15,16,17);/q;;+2/p-2. The molecule has 0 aliphatic rings. The normalized spacial score (nSPS) is 11.6. The molecule has 4 rings (SSSR count). The molecule has 0 fully saturated rings. The van der Waals surface area contributed by atoms with Crippen LogP contribution in [0.3, 0.4) is 0 Å². The Balaban J connectivity index is 0.000000253. The van der Waals surface area contributed by atoms with Crippen LogP contribution in [0.4, 0.5) is 0 Å². The number of aryl methyl sites for hydroxylation is 2. The van der Waals surface area contributed by atoms with Crippen LogP contribution in [0, 0.1) is 0 Å². The number of fused-ring (bicyclic) bond motifs is 2. The van der Waals surface area contributed by atoms with Crippen LogP contribution in [0.2, 0.25) is 0 Å². The summed E-state index contributed by atoms with van der Waals surface area (Å²) in [6.45, 7) is 4.26. The van der Waals surface area contributed by atoms with E-state index in [4.69, 9.17) is 0 Å². The fraction of sp³-hybridized carbons (Fsp3) is 0.286. The monoisotopic (exact) mass is 566 g/mol. The first kappa shape index (κ1) is 31.7. The van der Waals surface area contributed by atoms with Gasteiger partial charge < -0.3 is 9.11 Å². The van der Waals surface area contributed by atoms with Gasteiger partial charge in [-0.25, -0.2) is 16.8 Å². The van der Waals surface area contributed by atoms with Crippen LogP contribution in [-0.2, 0) is 33.1 Å². The minimum absolute atomic E-state index is 0. The van der Waals surface area contributed by atoms with Gasteiger partial charge in [0.25, 0.3) is 0 Å². The van der Waals surface area contributed by atoms with E-state index in [2.05, 4.69) is 13.8 Å². The predicted molar refractivity (Wildman–Crippen MR) is 147 cm³/mol. The summed E-state index contributed by atoms with van der Waals surface area (Å²) >= 11 is 0. The van der Waals surface area contributed by atoms with Crippen molar-refractivity contribution in [3.05, 3.63) is 83.9 Å². The quantitative estimate of drug-likeness (QED) is 0.197. The van der Waals surface area contributed by atoms with Crippen molar-refractivity contribution < 1.29 is 25.9 Å². The Hall–Kier alpha value is -1.52. The molecule has 0 bridgehead atoms. The molecule has 37 heavy (non-hydrogen) atoms. The van der Waals surface area contributed by atoms with E-state index in [9.17, 15) is 25.9 Å². The van der Waals surface area contributed by atoms with Gasteiger partial charge in [-0.1, -0.05) is 75.2 Å².